The number of hydrogen-bond acceptors (Lipinski definition) is 11. The van der Waals surface area contributed by atoms with E-state index in [1.807, 2.05) is 12.1 Å². The summed E-state index contributed by atoms with van der Waals surface area (Å²) in [6.45, 7) is 3.08. The first-order chi connectivity index (χ1) is 23.9. The van der Waals surface area contributed by atoms with Crippen LogP contribution in [-0.4, -0.2) is 92.5 Å². The smallest absolute Gasteiger partial charge is 0.248 e. The highest BCUT2D eigenvalue weighted by atomic mass is 16.5. The molecule has 2 aromatic carbocycles. The highest BCUT2D eigenvalue weighted by molar-refractivity contribution is 5.96. The van der Waals surface area contributed by atoms with Gasteiger partial charge in [0, 0.05) is 51.0 Å². The van der Waals surface area contributed by atoms with E-state index in [2.05, 4.69) is 21.3 Å². The Bertz CT molecular complexity index is 1650. The predicted octanol–water partition coefficient (Wildman–Crippen LogP) is -0.478. The van der Waals surface area contributed by atoms with Gasteiger partial charge in [-0.15, -0.1) is 0 Å². The first-order valence-electron chi connectivity index (χ1n) is 16.0. The fourth-order valence-corrected chi connectivity index (χ4v) is 5.42. The van der Waals surface area contributed by atoms with Gasteiger partial charge < -0.3 is 47.1 Å². The Morgan fingerprint density at radius 2 is 1.62 bits per heavy atom. The number of ether oxygens (including phenoxy) is 2. The fraction of sp³-hybridized carbons (Fsp3) is 0.441. The molecule has 1 heterocycles. The molecule has 0 saturated heterocycles. The minimum Gasteiger partial charge on any atom is -0.492 e. The van der Waals surface area contributed by atoms with Gasteiger partial charge in [0.1, 0.15) is 55.4 Å². The molecule has 3 rings (SSSR count). The summed E-state index contributed by atoms with van der Waals surface area (Å²) in [7, 11) is 1.38. The number of likely N-dealkylation sites (N-methyl/N-ethyl adjacent to an activating group) is 1. The van der Waals surface area contributed by atoms with Gasteiger partial charge in [-0.3, -0.25) is 24.0 Å². The molecular weight excluding hydrogens is 646 g/mol. The van der Waals surface area contributed by atoms with Crippen molar-refractivity contribution in [2.75, 3.05) is 39.9 Å². The molecule has 0 aromatic heterocycles. The molecule has 0 saturated carbocycles. The predicted molar refractivity (Wildman–Crippen MR) is 181 cm³/mol. The van der Waals surface area contributed by atoms with Gasteiger partial charge in [-0.05, 0) is 48.7 Å². The summed E-state index contributed by atoms with van der Waals surface area (Å²) in [5, 5.41) is 28.5. The summed E-state index contributed by atoms with van der Waals surface area (Å²) in [6.07, 6.45) is -0.0338. The third-order valence-corrected chi connectivity index (χ3v) is 7.77. The highest BCUT2D eigenvalue weighted by Crippen LogP contribution is 2.40. The van der Waals surface area contributed by atoms with Crippen molar-refractivity contribution in [3.8, 4) is 34.8 Å². The molecule has 0 aliphatic carbocycles. The lowest BCUT2D eigenvalue weighted by Gasteiger charge is -2.32. The van der Waals surface area contributed by atoms with Gasteiger partial charge >= 0.3 is 0 Å². The maximum atomic E-state index is 14.1. The molecule has 4 atom stereocenters. The number of nitrogens with two attached hydrogens (primary N) is 2. The Labute approximate surface area is 290 Å². The fourth-order valence-electron chi connectivity index (χ4n) is 5.42. The lowest BCUT2D eigenvalue weighted by atomic mass is 9.93. The average Bonchev–Trinajstić information content (AvgIpc) is 3.09. The van der Waals surface area contributed by atoms with Crippen molar-refractivity contribution >= 4 is 29.5 Å². The largest absolute Gasteiger partial charge is 0.492 e. The number of rotatable bonds is 13. The summed E-state index contributed by atoms with van der Waals surface area (Å²) in [6, 6.07) is 9.06. The van der Waals surface area contributed by atoms with Crippen molar-refractivity contribution in [3.63, 3.8) is 0 Å². The zero-order chi connectivity index (χ0) is 36.8. The molecule has 8 N–H and O–H groups in total. The van der Waals surface area contributed by atoms with Crippen LogP contribution in [0, 0.1) is 22.7 Å². The molecule has 16 heteroatoms. The molecule has 1 aliphatic heterocycles. The molecule has 2 aromatic rings. The number of nitriles is 2. The van der Waals surface area contributed by atoms with Crippen molar-refractivity contribution in [1.29, 1.82) is 10.5 Å². The normalized spacial score (nSPS) is 17.7. The van der Waals surface area contributed by atoms with E-state index < -0.39 is 53.7 Å². The SMILES string of the molecule is CC(=O)N[C@@H](CCC#N)C(=O)N(C)[C@@H]1C(=O)N[C@@H](C)C(=O)N[C@H](C(=O)NCC#N)Cc2ccc(OCCN)c(c2)-c2cc1ccc2OCCN. The number of benzene rings is 2. The van der Waals surface area contributed by atoms with Gasteiger partial charge in [-0.2, -0.15) is 10.5 Å². The number of nitrogens with one attached hydrogen (secondary N) is 4. The van der Waals surface area contributed by atoms with Crippen LogP contribution in [0.5, 0.6) is 11.5 Å². The molecular formula is C34H43N9O7. The minimum absolute atomic E-state index is 0.00654. The number of hydrogen-bond donors (Lipinski definition) is 6. The molecule has 50 heavy (non-hydrogen) atoms. The third kappa shape index (κ3) is 10.1. The van der Waals surface area contributed by atoms with Crippen LogP contribution in [0.15, 0.2) is 36.4 Å². The first-order valence-corrected chi connectivity index (χ1v) is 16.0. The van der Waals surface area contributed by atoms with Crippen LogP contribution in [0.1, 0.15) is 43.9 Å². The zero-order valence-corrected chi connectivity index (χ0v) is 28.3. The van der Waals surface area contributed by atoms with Crippen LogP contribution in [0.2, 0.25) is 0 Å². The molecule has 4 bridgehead atoms. The van der Waals surface area contributed by atoms with Gasteiger partial charge in [0.15, 0.2) is 0 Å². The van der Waals surface area contributed by atoms with E-state index in [0.29, 0.717) is 33.8 Å². The van der Waals surface area contributed by atoms with Crippen molar-refractivity contribution in [3.05, 3.63) is 47.5 Å². The second-order valence-corrected chi connectivity index (χ2v) is 11.5. The number of nitrogens with zero attached hydrogens (tertiary/aromatic N) is 3. The number of carbonyl (C=O) groups excluding carboxylic acids is 5. The summed E-state index contributed by atoms with van der Waals surface area (Å²) in [5.41, 5.74) is 13.4. The van der Waals surface area contributed by atoms with Gasteiger partial charge in [0.05, 0.1) is 12.1 Å². The summed E-state index contributed by atoms with van der Waals surface area (Å²) >= 11 is 0. The van der Waals surface area contributed by atoms with Gasteiger partial charge in [0.25, 0.3) is 0 Å². The lowest BCUT2D eigenvalue weighted by molar-refractivity contribution is -0.142. The Balaban J connectivity index is 2.31. The molecule has 5 amide bonds. The van der Waals surface area contributed by atoms with Crippen molar-refractivity contribution in [2.24, 2.45) is 11.5 Å². The zero-order valence-electron chi connectivity index (χ0n) is 28.3. The van der Waals surface area contributed by atoms with E-state index in [-0.39, 0.29) is 52.1 Å². The molecule has 16 nitrogen and oxygen atoms in total. The minimum atomic E-state index is -1.35. The standard InChI is InChI=1S/C34H43N9O7/c1-20-31(45)42-27(32(46)39-14-11-36)18-22-6-8-28(49-15-12-37)24(17-22)25-19-23(7-9-29(25)50-16-13-38)30(33(47)40-20)43(3)34(48)26(5-4-10-35)41-21(2)44/h6-9,17,19-20,26-27,30H,4-5,12-16,18,37-38H2,1-3H3,(H,39,46)(H,40,47)(H,41,44)(H,42,45)/t20-,26-,27-,30-/m0/s1. The Morgan fingerprint density at radius 1 is 0.980 bits per heavy atom. The van der Waals surface area contributed by atoms with Crippen LogP contribution in [-0.2, 0) is 30.4 Å². The van der Waals surface area contributed by atoms with E-state index >= 15 is 0 Å². The monoisotopic (exact) mass is 689 g/mol. The number of fused-ring (bicyclic) bond motifs is 5. The van der Waals surface area contributed by atoms with E-state index in [4.69, 9.17) is 26.2 Å². The van der Waals surface area contributed by atoms with Crippen LogP contribution in [0.3, 0.4) is 0 Å². The van der Waals surface area contributed by atoms with Gasteiger partial charge in [-0.1, -0.05) is 12.1 Å². The summed E-state index contributed by atoms with van der Waals surface area (Å²) in [4.78, 5) is 67.7. The Kier molecular flexibility index (Phi) is 14.5. The quantitative estimate of drug-likeness (QED) is 0.146. The van der Waals surface area contributed by atoms with Crippen molar-refractivity contribution in [1.82, 2.24) is 26.2 Å². The van der Waals surface area contributed by atoms with E-state index in [1.54, 1.807) is 36.4 Å². The van der Waals surface area contributed by atoms with Crippen LogP contribution >= 0.6 is 0 Å². The average molecular weight is 690 g/mol. The third-order valence-electron chi connectivity index (χ3n) is 7.77. The van der Waals surface area contributed by atoms with Crippen LogP contribution in [0.4, 0.5) is 0 Å². The topological polar surface area (TPSA) is 255 Å². The van der Waals surface area contributed by atoms with Crippen LogP contribution < -0.4 is 42.2 Å². The van der Waals surface area contributed by atoms with Crippen molar-refractivity contribution in [2.45, 2.75) is 57.3 Å². The molecule has 1 aliphatic rings. The van der Waals surface area contributed by atoms with E-state index in [1.165, 1.54) is 20.9 Å². The molecule has 0 radical (unpaired) electrons. The second-order valence-electron chi connectivity index (χ2n) is 11.5. The molecule has 266 valence electrons. The summed E-state index contributed by atoms with van der Waals surface area (Å²) in [5.74, 6) is -2.43. The maximum Gasteiger partial charge on any atom is 0.248 e. The Hall–Kier alpha value is -5.71. The van der Waals surface area contributed by atoms with Gasteiger partial charge in [-0.25, -0.2) is 0 Å². The van der Waals surface area contributed by atoms with E-state index in [0.717, 1.165) is 4.90 Å². The first kappa shape index (κ1) is 38.7. The molecule has 0 fully saturated rings. The molecule has 0 spiro atoms. The van der Waals surface area contributed by atoms with Crippen LogP contribution in [0.25, 0.3) is 11.1 Å². The van der Waals surface area contributed by atoms with E-state index in [9.17, 15) is 29.2 Å². The highest BCUT2D eigenvalue weighted by Gasteiger charge is 2.35. The van der Waals surface area contributed by atoms with Gasteiger partial charge in [0.2, 0.25) is 29.5 Å². The number of carbonyl (C=O) groups is 5. The molecule has 0 unspecified atom stereocenters. The van der Waals surface area contributed by atoms with Crippen molar-refractivity contribution < 1.29 is 33.4 Å². The lowest BCUT2D eigenvalue weighted by Crippen LogP contribution is -2.55. The maximum absolute atomic E-state index is 14.1. The second kappa shape index (κ2) is 18.7. The summed E-state index contributed by atoms with van der Waals surface area (Å²) < 4.78 is 12.0. The number of amides is 5. The Morgan fingerprint density at radius 3 is 2.22 bits per heavy atom.